The Labute approximate surface area is 176 Å². The molecule has 0 saturated carbocycles. The lowest BCUT2D eigenvalue weighted by Gasteiger charge is -2.10. The maximum atomic E-state index is 13.1. The molecular formula is C18H13F6N5O2S. The zero-order valence-corrected chi connectivity index (χ0v) is 17.1. The molecule has 4 rings (SSSR count). The van der Waals surface area contributed by atoms with E-state index in [2.05, 4.69) is 15.0 Å². The van der Waals surface area contributed by atoms with Crippen LogP contribution in [0.1, 0.15) is 18.2 Å². The fourth-order valence-corrected chi connectivity index (χ4v) is 4.27. The van der Waals surface area contributed by atoms with Gasteiger partial charge in [-0.1, -0.05) is 6.92 Å². The standard InChI is InChI=1S/C18H13F6N5O2S/c1-3-32(30,31)12-7-29-8-13(18(22,23)24)27-14(29)5-10(12)15-26-11-4-9(17(19,20)21)6-25-16(11)28(15)2/h4-8H,3H2,1-2H3. The fourth-order valence-electron chi connectivity index (χ4n) is 3.20. The van der Waals surface area contributed by atoms with Crippen molar-refractivity contribution in [1.29, 1.82) is 0 Å². The Morgan fingerprint density at radius 2 is 1.69 bits per heavy atom. The van der Waals surface area contributed by atoms with E-state index in [-0.39, 0.29) is 38.8 Å². The molecule has 0 fully saturated rings. The van der Waals surface area contributed by atoms with Crippen LogP contribution in [0.15, 0.2) is 35.6 Å². The van der Waals surface area contributed by atoms with Crippen LogP contribution in [0.5, 0.6) is 0 Å². The quantitative estimate of drug-likeness (QED) is 0.415. The Morgan fingerprint density at radius 1 is 1.00 bits per heavy atom. The third-order valence-corrected chi connectivity index (χ3v) is 6.59. The van der Waals surface area contributed by atoms with Crippen molar-refractivity contribution in [3.63, 3.8) is 0 Å². The number of nitrogens with zero attached hydrogens (tertiary/aromatic N) is 5. The molecule has 0 saturated heterocycles. The zero-order chi connectivity index (χ0) is 23.6. The topological polar surface area (TPSA) is 82.2 Å². The van der Waals surface area contributed by atoms with Crippen LogP contribution >= 0.6 is 0 Å². The van der Waals surface area contributed by atoms with E-state index in [1.165, 1.54) is 18.5 Å². The van der Waals surface area contributed by atoms with E-state index in [1.807, 2.05) is 0 Å². The minimum absolute atomic E-state index is 0.0343. The number of imidazole rings is 2. The summed E-state index contributed by atoms with van der Waals surface area (Å²) in [6.07, 6.45) is -7.17. The highest BCUT2D eigenvalue weighted by atomic mass is 32.2. The lowest BCUT2D eigenvalue weighted by Crippen LogP contribution is -2.09. The number of hydrogen-bond acceptors (Lipinski definition) is 5. The van der Waals surface area contributed by atoms with Crippen molar-refractivity contribution < 1.29 is 34.8 Å². The fraction of sp³-hybridized carbons (Fsp3) is 0.278. The van der Waals surface area contributed by atoms with Crippen LogP contribution in [-0.4, -0.2) is 38.1 Å². The van der Waals surface area contributed by atoms with Gasteiger partial charge in [0.2, 0.25) is 0 Å². The smallest absolute Gasteiger partial charge is 0.312 e. The highest BCUT2D eigenvalue weighted by Crippen LogP contribution is 2.35. The molecular weight excluding hydrogens is 464 g/mol. The molecule has 4 aromatic rings. The van der Waals surface area contributed by atoms with Gasteiger partial charge in [-0.15, -0.1) is 0 Å². The summed E-state index contributed by atoms with van der Waals surface area (Å²) in [6.45, 7) is 1.35. The molecule has 14 heteroatoms. The van der Waals surface area contributed by atoms with Crippen molar-refractivity contribution in [2.45, 2.75) is 24.2 Å². The first-order valence-electron chi connectivity index (χ1n) is 8.95. The van der Waals surface area contributed by atoms with E-state index >= 15 is 0 Å². The minimum atomic E-state index is -4.76. The number of hydrogen-bond donors (Lipinski definition) is 0. The average molecular weight is 477 g/mol. The van der Waals surface area contributed by atoms with E-state index in [0.717, 1.165) is 22.7 Å². The first kappa shape index (κ1) is 22.0. The summed E-state index contributed by atoms with van der Waals surface area (Å²) in [5, 5.41) is 0. The van der Waals surface area contributed by atoms with Crippen LogP contribution in [-0.2, 0) is 29.2 Å². The Morgan fingerprint density at radius 3 is 2.28 bits per heavy atom. The number of aryl methyl sites for hydroxylation is 1. The number of alkyl halides is 6. The summed E-state index contributed by atoms with van der Waals surface area (Å²) in [7, 11) is -2.56. The predicted molar refractivity (Wildman–Crippen MR) is 100 cm³/mol. The Hall–Kier alpha value is -3.16. The van der Waals surface area contributed by atoms with Gasteiger partial charge in [-0.2, -0.15) is 26.3 Å². The van der Waals surface area contributed by atoms with Crippen molar-refractivity contribution in [1.82, 2.24) is 23.9 Å². The molecule has 0 aliphatic heterocycles. The molecule has 4 heterocycles. The largest absolute Gasteiger partial charge is 0.434 e. The van der Waals surface area contributed by atoms with Gasteiger partial charge in [-0.05, 0) is 12.1 Å². The number of fused-ring (bicyclic) bond motifs is 2. The van der Waals surface area contributed by atoms with Gasteiger partial charge >= 0.3 is 12.4 Å². The lowest BCUT2D eigenvalue weighted by atomic mass is 10.2. The van der Waals surface area contributed by atoms with E-state index in [4.69, 9.17) is 0 Å². The van der Waals surface area contributed by atoms with Crippen LogP contribution in [0.25, 0.3) is 28.2 Å². The Bertz CT molecular complexity index is 1470. The third kappa shape index (κ3) is 3.57. The summed E-state index contributed by atoms with van der Waals surface area (Å²) >= 11 is 0. The number of rotatable bonds is 3. The summed E-state index contributed by atoms with van der Waals surface area (Å²) < 4.78 is 106. The van der Waals surface area contributed by atoms with Gasteiger partial charge in [0.05, 0.1) is 16.2 Å². The molecule has 170 valence electrons. The summed E-state index contributed by atoms with van der Waals surface area (Å²) in [5.41, 5.74) is -2.71. The second kappa shape index (κ2) is 6.92. The second-order valence-corrected chi connectivity index (χ2v) is 9.15. The van der Waals surface area contributed by atoms with Crippen LogP contribution in [0.3, 0.4) is 0 Å². The zero-order valence-electron chi connectivity index (χ0n) is 16.3. The maximum absolute atomic E-state index is 13.1. The monoisotopic (exact) mass is 477 g/mol. The Balaban J connectivity index is 2.03. The van der Waals surface area contributed by atoms with Gasteiger partial charge in [0.25, 0.3) is 0 Å². The molecule has 0 aliphatic carbocycles. The maximum Gasteiger partial charge on any atom is 0.434 e. The third-order valence-electron chi connectivity index (χ3n) is 4.84. The van der Waals surface area contributed by atoms with Crippen molar-refractivity contribution >= 4 is 26.6 Å². The highest BCUT2D eigenvalue weighted by molar-refractivity contribution is 7.91. The van der Waals surface area contributed by atoms with Gasteiger partial charge in [-0.3, -0.25) is 0 Å². The Kier molecular flexibility index (Phi) is 4.77. The molecule has 32 heavy (non-hydrogen) atoms. The van der Waals surface area contributed by atoms with Gasteiger partial charge < -0.3 is 8.97 Å². The number of pyridine rings is 2. The molecule has 0 spiro atoms. The average Bonchev–Trinajstić information content (AvgIpc) is 3.27. The van der Waals surface area contributed by atoms with Crippen molar-refractivity contribution in [2.24, 2.45) is 7.05 Å². The summed E-state index contributed by atoms with van der Waals surface area (Å²) in [5.74, 6) is -0.454. The van der Waals surface area contributed by atoms with Crippen molar-refractivity contribution in [3.05, 3.63) is 42.0 Å². The first-order chi connectivity index (χ1) is 14.7. The van der Waals surface area contributed by atoms with E-state index in [0.29, 0.717) is 12.4 Å². The molecule has 0 aromatic carbocycles. The molecule has 0 aliphatic rings. The van der Waals surface area contributed by atoms with Gasteiger partial charge in [0.1, 0.15) is 17.0 Å². The molecule has 0 unspecified atom stereocenters. The van der Waals surface area contributed by atoms with Crippen LogP contribution in [0, 0.1) is 0 Å². The highest BCUT2D eigenvalue weighted by Gasteiger charge is 2.35. The molecule has 0 bridgehead atoms. The van der Waals surface area contributed by atoms with Gasteiger partial charge in [-0.25, -0.2) is 23.4 Å². The second-order valence-electron chi connectivity index (χ2n) is 6.90. The molecule has 0 N–H and O–H groups in total. The SMILES string of the molecule is CCS(=O)(=O)c1cn2cc(C(F)(F)F)nc2cc1-c1nc2cc(C(F)(F)F)cnc2n1C. The van der Waals surface area contributed by atoms with Crippen molar-refractivity contribution in [3.8, 4) is 11.4 Å². The minimum Gasteiger partial charge on any atom is -0.312 e. The molecule has 0 atom stereocenters. The van der Waals surface area contributed by atoms with Crippen LogP contribution in [0.4, 0.5) is 26.3 Å². The van der Waals surface area contributed by atoms with E-state index in [9.17, 15) is 34.8 Å². The molecule has 0 radical (unpaired) electrons. The van der Waals surface area contributed by atoms with Gasteiger partial charge in [0, 0.05) is 31.2 Å². The summed E-state index contributed by atoms with van der Waals surface area (Å²) in [4.78, 5) is 11.0. The van der Waals surface area contributed by atoms with Crippen molar-refractivity contribution in [2.75, 3.05) is 5.75 Å². The molecule has 0 amide bonds. The van der Waals surface area contributed by atoms with E-state index < -0.39 is 33.4 Å². The first-order valence-corrected chi connectivity index (χ1v) is 10.6. The number of halogens is 6. The van der Waals surface area contributed by atoms with Gasteiger partial charge in [0.15, 0.2) is 21.2 Å². The number of sulfone groups is 1. The number of aromatic nitrogens is 5. The van der Waals surface area contributed by atoms with Crippen LogP contribution < -0.4 is 0 Å². The molecule has 7 nitrogen and oxygen atoms in total. The lowest BCUT2D eigenvalue weighted by molar-refractivity contribution is -0.141. The summed E-state index contributed by atoms with van der Waals surface area (Å²) in [6, 6.07) is 1.86. The molecule has 4 aromatic heterocycles. The van der Waals surface area contributed by atoms with Crippen LogP contribution in [0.2, 0.25) is 0 Å². The predicted octanol–water partition coefficient (Wildman–Crippen LogP) is 4.11. The van der Waals surface area contributed by atoms with E-state index in [1.54, 1.807) is 0 Å². The normalized spacial score (nSPS) is 13.4.